The molecule has 1 fully saturated rings. The summed E-state index contributed by atoms with van der Waals surface area (Å²) >= 11 is 0. The van der Waals surface area contributed by atoms with Crippen molar-refractivity contribution in [1.29, 1.82) is 5.41 Å². The summed E-state index contributed by atoms with van der Waals surface area (Å²) in [5.41, 5.74) is 4.25. The van der Waals surface area contributed by atoms with E-state index < -0.39 is 46.7 Å². The molecule has 0 saturated carbocycles. The van der Waals surface area contributed by atoms with Gasteiger partial charge in [0, 0.05) is 24.6 Å². The zero-order valence-electron chi connectivity index (χ0n) is 18.7. The lowest BCUT2D eigenvalue weighted by Crippen LogP contribution is -2.52. The number of nitro benzene ring substituents is 1. The molecule has 13 heteroatoms. The number of hydrazine groups is 1. The van der Waals surface area contributed by atoms with E-state index in [0.29, 0.717) is 21.1 Å². The van der Waals surface area contributed by atoms with E-state index in [1.54, 1.807) is 0 Å². The van der Waals surface area contributed by atoms with Crippen molar-refractivity contribution >= 4 is 35.3 Å². The molecule has 1 heterocycles. The van der Waals surface area contributed by atoms with Crippen molar-refractivity contribution < 1.29 is 29.2 Å². The van der Waals surface area contributed by atoms with Crippen LogP contribution in [0.15, 0.2) is 48.5 Å². The maximum Gasteiger partial charge on any atom is 0.344 e. The van der Waals surface area contributed by atoms with Crippen LogP contribution in [0.5, 0.6) is 0 Å². The maximum atomic E-state index is 13.5. The Morgan fingerprint density at radius 3 is 2.40 bits per heavy atom. The van der Waals surface area contributed by atoms with Crippen molar-refractivity contribution in [3.05, 3.63) is 75.3 Å². The first kappa shape index (κ1) is 24.8. The third kappa shape index (κ3) is 4.64. The lowest BCUT2D eigenvalue weighted by Gasteiger charge is -2.35. The predicted octanol–water partition coefficient (Wildman–Crippen LogP) is 1.63. The number of amides is 4. The number of nitrogen functional groups attached to an aromatic ring is 1. The van der Waals surface area contributed by atoms with E-state index in [2.05, 4.69) is 5.32 Å². The van der Waals surface area contributed by atoms with Gasteiger partial charge in [0.25, 0.3) is 11.6 Å². The number of amidine groups is 1. The highest BCUT2D eigenvalue weighted by Crippen LogP contribution is 2.35. The van der Waals surface area contributed by atoms with Gasteiger partial charge in [-0.1, -0.05) is 36.4 Å². The number of urea groups is 1. The predicted molar refractivity (Wildman–Crippen MR) is 121 cm³/mol. The summed E-state index contributed by atoms with van der Waals surface area (Å²) in [5, 5.41) is 31.9. The summed E-state index contributed by atoms with van der Waals surface area (Å²) in [6, 6.07) is 8.54. The number of nitrogens with zero attached hydrogens (tertiary/aromatic N) is 3. The lowest BCUT2D eigenvalue weighted by molar-refractivity contribution is -0.385. The molecule has 0 spiro atoms. The largest absolute Gasteiger partial charge is 0.481 e. The van der Waals surface area contributed by atoms with E-state index in [1.807, 2.05) is 0 Å². The number of carbonyl (C=O) groups excluding carboxylic acids is 3. The topological polar surface area (TPSA) is 200 Å². The second-order valence-corrected chi connectivity index (χ2v) is 7.99. The van der Waals surface area contributed by atoms with Gasteiger partial charge in [0.15, 0.2) is 0 Å². The van der Waals surface area contributed by atoms with Crippen LogP contribution in [-0.4, -0.2) is 49.7 Å². The third-order valence-corrected chi connectivity index (χ3v) is 5.61. The van der Waals surface area contributed by atoms with Gasteiger partial charge >= 0.3 is 12.0 Å². The SMILES string of the molecule is CC(=O)N([C@H](CC(=O)O)c1cccc([N+](=O)[O-])c1)N1C(=O)N[C@](C)(c2ccc(C(=N)N)cc2)C1=O. The molecule has 2 aromatic rings. The van der Waals surface area contributed by atoms with Gasteiger partial charge in [-0.2, -0.15) is 5.01 Å². The minimum absolute atomic E-state index is 0.0526. The summed E-state index contributed by atoms with van der Waals surface area (Å²) in [6.45, 7) is 2.46. The molecule has 0 aromatic heterocycles. The summed E-state index contributed by atoms with van der Waals surface area (Å²) in [7, 11) is 0. The first-order valence-electron chi connectivity index (χ1n) is 10.2. The number of hydrogen-bond donors (Lipinski definition) is 4. The van der Waals surface area contributed by atoms with Gasteiger partial charge < -0.3 is 16.2 Å². The minimum atomic E-state index is -1.63. The fraction of sp³-hybridized carbons (Fsp3) is 0.227. The maximum absolute atomic E-state index is 13.5. The summed E-state index contributed by atoms with van der Waals surface area (Å²) in [4.78, 5) is 61.4. The van der Waals surface area contributed by atoms with Gasteiger partial charge in [-0.15, -0.1) is 0 Å². The molecule has 0 aliphatic carbocycles. The smallest absolute Gasteiger partial charge is 0.344 e. The molecule has 182 valence electrons. The Morgan fingerprint density at radius 2 is 1.89 bits per heavy atom. The molecule has 0 radical (unpaired) electrons. The standard InChI is InChI=1S/C22H22N6O7/c1-12(29)26(17(11-18(30)31)14-4-3-5-16(10-14)28(34)35)27-20(32)22(2,25-21(27)33)15-8-6-13(7-9-15)19(23)24/h3-10,17H,11H2,1-2H3,(H3,23,24)(H,25,33)(H,30,31)/t17-,22-/m1/s1. The van der Waals surface area contributed by atoms with Crippen molar-refractivity contribution in [3.8, 4) is 0 Å². The molecule has 4 amide bonds. The van der Waals surface area contributed by atoms with Crippen LogP contribution < -0.4 is 11.1 Å². The molecule has 0 unspecified atom stereocenters. The van der Waals surface area contributed by atoms with Crippen LogP contribution in [0.2, 0.25) is 0 Å². The molecule has 13 nitrogen and oxygen atoms in total. The normalized spacial score (nSPS) is 18.1. The number of carboxylic acid groups (broad SMARTS) is 1. The van der Waals surface area contributed by atoms with Crippen LogP contribution in [0.4, 0.5) is 10.5 Å². The van der Waals surface area contributed by atoms with Crippen molar-refractivity contribution in [2.75, 3.05) is 0 Å². The Morgan fingerprint density at radius 1 is 1.26 bits per heavy atom. The summed E-state index contributed by atoms with van der Waals surface area (Å²) in [5.74, 6) is -3.25. The van der Waals surface area contributed by atoms with Crippen LogP contribution in [0.3, 0.4) is 0 Å². The highest BCUT2D eigenvalue weighted by atomic mass is 16.6. The Labute approximate surface area is 198 Å². The van der Waals surface area contributed by atoms with Crippen molar-refractivity contribution in [2.24, 2.45) is 5.73 Å². The Bertz CT molecular complexity index is 1250. The zero-order chi connectivity index (χ0) is 26.1. The number of nitrogens with one attached hydrogen (secondary N) is 2. The number of nitro groups is 1. The van der Waals surface area contributed by atoms with E-state index in [9.17, 15) is 34.4 Å². The average Bonchev–Trinajstić information content (AvgIpc) is 3.02. The molecule has 2 atom stereocenters. The molecular weight excluding hydrogens is 460 g/mol. The number of carbonyl (C=O) groups is 4. The Kier molecular flexibility index (Phi) is 6.53. The zero-order valence-corrected chi connectivity index (χ0v) is 18.7. The number of imide groups is 1. The second kappa shape index (κ2) is 9.21. The molecular formula is C22H22N6O7. The highest BCUT2D eigenvalue weighted by Gasteiger charge is 2.53. The van der Waals surface area contributed by atoms with Crippen LogP contribution in [0.25, 0.3) is 0 Å². The van der Waals surface area contributed by atoms with Gasteiger partial charge in [0.2, 0.25) is 5.91 Å². The van der Waals surface area contributed by atoms with E-state index in [-0.39, 0.29) is 17.1 Å². The van der Waals surface area contributed by atoms with Crippen LogP contribution in [0.1, 0.15) is 43.0 Å². The summed E-state index contributed by atoms with van der Waals surface area (Å²) < 4.78 is 0. The number of non-ortho nitro benzene ring substituents is 1. The average molecular weight is 482 g/mol. The monoisotopic (exact) mass is 482 g/mol. The third-order valence-electron chi connectivity index (χ3n) is 5.61. The molecule has 0 bridgehead atoms. The molecule has 1 aliphatic rings. The first-order chi connectivity index (χ1) is 16.4. The van der Waals surface area contributed by atoms with E-state index >= 15 is 0 Å². The molecule has 1 aliphatic heterocycles. The number of carboxylic acids is 1. The number of aliphatic carboxylic acids is 1. The van der Waals surface area contributed by atoms with Crippen LogP contribution in [0, 0.1) is 15.5 Å². The number of hydrogen-bond acceptors (Lipinski definition) is 7. The van der Waals surface area contributed by atoms with E-state index in [0.717, 1.165) is 13.0 Å². The molecule has 1 saturated heterocycles. The molecule has 3 rings (SSSR count). The number of benzene rings is 2. The second-order valence-electron chi connectivity index (χ2n) is 7.99. The van der Waals surface area contributed by atoms with Crippen LogP contribution >= 0.6 is 0 Å². The fourth-order valence-corrected chi connectivity index (χ4v) is 3.85. The van der Waals surface area contributed by atoms with Crippen molar-refractivity contribution in [2.45, 2.75) is 31.8 Å². The van der Waals surface area contributed by atoms with Gasteiger partial charge in [0.05, 0.1) is 17.4 Å². The van der Waals surface area contributed by atoms with Crippen LogP contribution in [-0.2, 0) is 19.9 Å². The first-order valence-corrected chi connectivity index (χ1v) is 10.2. The Hall–Kier alpha value is -4.81. The highest BCUT2D eigenvalue weighted by molar-refractivity contribution is 6.08. The minimum Gasteiger partial charge on any atom is -0.481 e. The van der Waals surface area contributed by atoms with Crippen molar-refractivity contribution in [3.63, 3.8) is 0 Å². The lowest BCUT2D eigenvalue weighted by atomic mass is 9.91. The quantitative estimate of drug-likeness (QED) is 0.143. The Balaban J connectivity index is 2.08. The van der Waals surface area contributed by atoms with Gasteiger partial charge in [-0.3, -0.25) is 29.9 Å². The summed E-state index contributed by atoms with van der Waals surface area (Å²) in [6.07, 6.45) is -0.734. The van der Waals surface area contributed by atoms with Gasteiger partial charge in [-0.25, -0.2) is 9.80 Å². The fourth-order valence-electron chi connectivity index (χ4n) is 3.85. The van der Waals surface area contributed by atoms with Gasteiger partial charge in [0.1, 0.15) is 11.4 Å². The molecule has 5 N–H and O–H groups in total. The number of rotatable bonds is 8. The van der Waals surface area contributed by atoms with Crippen molar-refractivity contribution in [1.82, 2.24) is 15.3 Å². The van der Waals surface area contributed by atoms with Gasteiger partial charge in [-0.05, 0) is 18.1 Å². The van der Waals surface area contributed by atoms with E-state index in [1.165, 1.54) is 49.4 Å². The molecule has 2 aromatic carbocycles. The molecule has 35 heavy (non-hydrogen) atoms. The van der Waals surface area contributed by atoms with E-state index in [4.69, 9.17) is 11.1 Å². The number of nitrogens with two attached hydrogens (primary N) is 1.